The molecule has 0 aliphatic rings. The summed E-state index contributed by atoms with van der Waals surface area (Å²) in [7, 11) is 1.38. The molecule has 0 N–H and O–H groups in total. The van der Waals surface area contributed by atoms with Crippen LogP contribution < -0.4 is 0 Å². The molecule has 1 atom stereocenters. The van der Waals surface area contributed by atoms with E-state index >= 15 is 0 Å². The Kier molecular flexibility index (Phi) is 2.41. The molecular weight excluding hydrogens is 194 g/mol. The van der Waals surface area contributed by atoms with E-state index in [1.54, 1.807) is 13.0 Å². The lowest BCUT2D eigenvalue weighted by molar-refractivity contribution is -0.141. The molecule has 2 aromatic rings. The third-order valence-electron chi connectivity index (χ3n) is 2.41. The first-order valence-electron chi connectivity index (χ1n) is 4.63. The molecule has 1 aromatic carbocycles. The van der Waals surface area contributed by atoms with E-state index in [2.05, 4.69) is 9.72 Å². The summed E-state index contributed by atoms with van der Waals surface area (Å²) in [5.41, 5.74) is 2.35. The van der Waals surface area contributed by atoms with E-state index in [4.69, 9.17) is 4.42 Å². The molecule has 0 saturated carbocycles. The summed E-state index contributed by atoms with van der Waals surface area (Å²) in [5, 5.41) is 0. The van der Waals surface area contributed by atoms with Crippen LogP contribution in [0.1, 0.15) is 18.4 Å². The van der Waals surface area contributed by atoms with E-state index in [9.17, 15) is 4.79 Å². The minimum absolute atomic E-state index is 0.252. The molecule has 0 aliphatic carbocycles. The highest BCUT2D eigenvalue weighted by molar-refractivity contribution is 5.80. The fourth-order valence-corrected chi connectivity index (χ4v) is 1.46. The number of hydrogen-bond acceptors (Lipinski definition) is 4. The van der Waals surface area contributed by atoms with Crippen LogP contribution in [0.4, 0.5) is 0 Å². The summed E-state index contributed by atoms with van der Waals surface area (Å²) in [6.07, 6.45) is 1.39. The summed E-state index contributed by atoms with van der Waals surface area (Å²) in [6, 6.07) is 5.48. The second kappa shape index (κ2) is 3.73. The van der Waals surface area contributed by atoms with Crippen LogP contribution >= 0.6 is 0 Å². The number of rotatable bonds is 2. The summed E-state index contributed by atoms with van der Waals surface area (Å²) >= 11 is 0. The molecule has 0 spiro atoms. The van der Waals surface area contributed by atoms with Crippen molar-refractivity contribution in [2.75, 3.05) is 7.11 Å². The van der Waals surface area contributed by atoms with Crippen LogP contribution in [0.2, 0.25) is 0 Å². The predicted octanol–water partition coefficient (Wildman–Crippen LogP) is 2.10. The van der Waals surface area contributed by atoms with E-state index in [1.807, 2.05) is 12.1 Å². The van der Waals surface area contributed by atoms with Gasteiger partial charge in [0.15, 0.2) is 12.0 Å². The molecule has 4 heteroatoms. The van der Waals surface area contributed by atoms with Crippen molar-refractivity contribution >= 4 is 17.1 Å². The van der Waals surface area contributed by atoms with Crippen molar-refractivity contribution < 1.29 is 13.9 Å². The van der Waals surface area contributed by atoms with Crippen molar-refractivity contribution in [1.82, 2.24) is 4.98 Å². The standard InChI is InChI=1S/C11H11NO3/c1-7(11(13)14-2)8-3-4-10-9(5-8)12-6-15-10/h3-7H,1-2H3. The molecule has 1 aromatic heterocycles. The number of fused-ring (bicyclic) bond motifs is 1. The van der Waals surface area contributed by atoms with Gasteiger partial charge in [0.2, 0.25) is 0 Å². The number of methoxy groups -OCH3 is 1. The molecule has 0 saturated heterocycles. The van der Waals surface area contributed by atoms with Crippen molar-refractivity contribution in [2.24, 2.45) is 0 Å². The van der Waals surface area contributed by atoms with Gasteiger partial charge in [-0.2, -0.15) is 0 Å². The minimum atomic E-state index is -0.281. The van der Waals surface area contributed by atoms with Crippen molar-refractivity contribution in [3.05, 3.63) is 30.2 Å². The van der Waals surface area contributed by atoms with Crippen LogP contribution in [0.25, 0.3) is 11.1 Å². The number of benzene rings is 1. The monoisotopic (exact) mass is 205 g/mol. The zero-order chi connectivity index (χ0) is 10.8. The first kappa shape index (κ1) is 9.71. The number of nitrogens with zero attached hydrogens (tertiary/aromatic N) is 1. The number of oxazole rings is 1. The zero-order valence-corrected chi connectivity index (χ0v) is 8.56. The van der Waals surface area contributed by atoms with Crippen molar-refractivity contribution in [1.29, 1.82) is 0 Å². The van der Waals surface area contributed by atoms with Crippen LogP contribution in [-0.4, -0.2) is 18.1 Å². The van der Waals surface area contributed by atoms with Crippen LogP contribution in [0.3, 0.4) is 0 Å². The number of ether oxygens (including phenoxy) is 1. The maximum atomic E-state index is 11.3. The highest BCUT2D eigenvalue weighted by Crippen LogP contribution is 2.21. The Morgan fingerprint density at radius 3 is 3.07 bits per heavy atom. The topological polar surface area (TPSA) is 52.3 Å². The third kappa shape index (κ3) is 1.70. The van der Waals surface area contributed by atoms with Gasteiger partial charge in [0.25, 0.3) is 0 Å². The smallest absolute Gasteiger partial charge is 0.312 e. The van der Waals surface area contributed by atoms with Crippen LogP contribution in [0.15, 0.2) is 29.0 Å². The molecule has 0 aliphatic heterocycles. The Labute approximate surface area is 86.9 Å². The van der Waals surface area contributed by atoms with Gasteiger partial charge in [-0.1, -0.05) is 6.07 Å². The van der Waals surface area contributed by atoms with E-state index in [0.717, 1.165) is 16.7 Å². The van der Waals surface area contributed by atoms with Gasteiger partial charge in [-0.3, -0.25) is 4.79 Å². The second-order valence-electron chi connectivity index (χ2n) is 3.32. The van der Waals surface area contributed by atoms with Crippen molar-refractivity contribution in [2.45, 2.75) is 12.8 Å². The number of aromatic nitrogens is 1. The zero-order valence-electron chi connectivity index (χ0n) is 8.56. The van der Waals surface area contributed by atoms with E-state index < -0.39 is 0 Å². The Balaban J connectivity index is 2.39. The third-order valence-corrected chi connectivity index (χ3v) is 2.41. The fraction of sp³-hybridized carbons (Fsp3) is 0.273. The molecule has 0 amide bonds. The molecule has 0 fully saturated rings. The second-order valence-corrected chi connectivity index (χ2v) is 3.32. The van der Waals surface area contributed by atoms with Gasteiger partial charge in [0.1, 0.15) is 5.52 Å². The summed E-state index contributed by atoms with van der Waals surface area (Å²) in [5.74, 6) is -0.533. The number of carbonyl (C=O) groups is 1. The van der Waals surface area contributed by atoms with Gasteiger partial charge in [0, 0.05) is 0 Å². The van der Waals surface area contributed by atoms with Gasteiger partial charge in [-0.15, -0.1) is 0 Å². The Hall–Kier alpha value is -1.84. The largest absolute Gasteiger partial charge is 0.469 e. The van der Waals surface area contributed by atoms with E-state index in [0.29, 0.717) is 0 Å². The molecule has 0 bridgehead atoms. The molecule has 1 heterocycles. The van der Waals surface area contributed by atoms with Crippen LogP contribution in [-0.2, 0) is 9.53 Å². The lowest BCUT2D eigenvalue weighted by Crippen LogP contribution is -2.10. The highest BCUT2D eigenvalue weighted by atomic mass is 16.5. The van der Waals surface area contributed by atoms with Gasteiger partial charge >= 0.3 is 5.97 Å². The first-order valence-corrected chi connectivity index (χ1v) is 4.63. The quantitative estimate of drug-likeness (QED) is 0.704. The highest BCUT2D eigenvalue weighted by Gasteiger charge is 2.16. The van der Waals surface area contributed by atoms with Crippen molar-refractivity contribution in [3.8, 4) is 0 Å². The summed E-state index contributed by atoms with van der Waals surface area (Å²) in [4.78, 5) is 15.3. The van der Waals surface area contributed by atoms with Gasteiger partial charge in [0.05, 0.1) is 13.0 Å². The maximum Gasteiger partial charge on any atom is 0.312 e. The average molecular weight is 205 g/mol. The number of carbonyl (C=O) groups excluding carboxylic acids is 1. The molecule has 1 unspecified atom stereocenters. The lowest BCUT2D eigenvalue weighted by Gasteiger charge is -2.08. The Bertz CT molecular complexity index is 489. The van der Waals surface area contributed by atoms with Crippen molar-refractivity contribution in [3.63, 3.8) is 0 Å². The lowest BCUT2D eigenvalue weighted by atomic mass is 10.0. The van der Waals surface area contributed by atoms with Gasteiger partial charge < -0.3 is 9.15 Å². The van der Waals surface area contributed by atoms with E-state index in [-0.39, 0.29) is 11.9 Å². The predicted molar refractivity (Wildman–Crippen MR) is 54.4 cm³/mol. The van der Waals surface area contributed by atoms with Gasteiger partial charge in [-0.05, 0) is 24.6 Å². The van der Waals surface area contributed by atoms with E-state index in [1.165, 1.54) is 13.5 Å². The molecule has 0 radical (unpaired) electrons. The molecule has 15 heavy (non-hydrogen) atoms. The minimum Gasteiger partial charge on any atom is -0.469 e. The Morgan fingerprint density at radius 2 is 2.33 bits per heavy atom. The van der Waals surface area contributed by atoms with Crippen LogP contribution in [0.5, 0.6) is 0 Å². The summed E-state index contributed by atoms with van der Waals surface area (Å²) in [6.45, 7) is 1.80. The average Bonchev–Trinajstić information content (AvgIpc) is 2.73. The molecule has 78 valence electrons. The number of esters is 1. The molecule has 4 nitrogen and oxygen atoms in total. The number of hydrogen-bond donors (Lipinski definition) is 0. The normalized spacial score (nSPS) is 12.7. The fourth-order valence-electron chi connectivity index (χ4n) is 1.46. The van der Waals surface area contributed by atoms with Crippen LogP contribution in [0, 0.1) is 0 Å². The van der Waals surface area contributed by atoms with Gasteiger partial charge in [-0.25, -0.2) is 4.98 Å². The SMILES string of the molecule is COC(=O)C(C)c1ccc2ocnc2c1. The first-order chi connectivity index (χ1) is 7.22. The molecule has 2 rings (SSSR count). The summed E-state index contributed by atoms with van der Waals surface area (Å²) < 4.78 is 9.79. The molecular formula is C11H11NO3. The Morgan fingerprint density at radius 1 is 1.53 bits per heavy atom. The maximum absolute atomic E-state index is 11.3.